The number of rotatable bonds is 7. The number of H-pyrrole nitrogens is 1. The summed E-state index contributed by atoms with van der Waals surface area (Å²) in [6.45, 7) is 0.0879. The van der Waals surface area contributed by atoms with E-state index in [0.29, 0.717) is 22.4 Å². The van der Waals surface area contributed by atoms with E-state index in [-0.39, 0.29) is 23.8 Å². The third kappa shape index (κ3) is 3.66. The van der Waals surface area contributed by atoms with Crippen LogP contribution >= 0.6 is 0 Å². The number of nitrogens with zero attached hydrogens (tertiary/aromatic N) is 3. The van der Waals surface area contributed by atoms with Crippen molar-refractivity contribution in [3.8, 4) is 11.3 Å². The highest BCUT2D eigenvalue weighted by molar-refractivity contribution is 6.00. The Hall–Kier alpha value is -3.63. The predicted octanol–water partition coefficient (Wildman–Crippen LogP) is 3.29. The van der Waals surface area contributed by atoms with E-state index in [0.717, 1.165) is 0 Å². The van der Waals surface area contributed by atoms with Gasteiger partial charge in [0, 0.05) is 37.5 Å². The Morgan fingerprint density at radius 3 is 2.58 bits per heavy atom. The molecule has 1 aromatic heterocycles. The van der Waals surface area contributed by atoms with Gasteiger partial charge in [-0.3, -0.25) is 20.0 Å². The molecule has 1 atom stereocenters. The topological polar surface area (TPSA) is 111 Å². The number of nitro groups is 1. The Morgan fingerprint density at radius 1 is 1.23 bits per heavy atom. The van der Waals surface area contributed by atoms with Gasteiger partial charge in [-0.05, 0) is 29.8 Å². The lowest BCUT2D eigenvalue weighted by Gasteiger charge is -2.29. The van der Waals surface area contributed by atoms with E-state index >= 15 is 0 Å². The SMILES string of the molecule is COC(CN1C(=O)c2[nH]nc(-c3ccc(F)cc3)c2C1c1cccc([N+](=O)[O-])c1)OC. The number of methoxy groups -OCH3 is 2. The molecule has 10 heteroatoms. The van der Waals surface area contributed by atoms with Crippen molar-refractivity contribution in [1.82, 2.24) is 15.1 Å². The first kappa shape index (κ1) is 20.6. The van der Waals surface area contributed by atoms with Crippen LogP contribution in [0.3, 0.4) is 0 Å². The van der Waals surface area contributed by atoms with Crippen LogP contribution in [0.25, 0.3) is 11.3 Å². The van der Waals surface area contributed by atoms with Gasteiger partial charge in [0.05, 0.1) is 23.2 Å². The lowest BCUT2D eigenvalue weighted by Crippen LogP contribution is -2.38. The molecule has 1 unspecified atom stereocenters. The summed E-state index contributed by atoms with van der Waals surface area (Å²) in [5, 5.41) is 18.4. The van der Waals surface area contributed by atoms with Crippen molar-refractivity contribution in [3.05, 3.63) is 81.3 Å². The molecule has 4 rings (SSSR count). The average molecular weight is 426 g/mol. The molecule has 1 N–H and O–H groups in total. The molecule has 1 aliphatic rings. The molecule has 1 aliphatic heterocycles. The number of carbonyl (C=O) groups is 1. The summed E-state index contributed by atoms with van der Waals surface area (Å²) in [5.74, 6) is -0.738. The van der Waals surface area contributed by atoms with Gasteiger partial charge in [0.15, 0.2) is 6.29 Å². The molecule has 0 aliphatic carbocycles. The summed E-state index contributed by atoms with van der Waals surface area (Å²) in [6.07, 6.45) is -0.698. The number of nitro benzene ring substituents is 1. The van der Waals surface area contributed by atoms with E-state index in [1.165, 1.54) is 43.4 Å². The van der Waals surface area contributed by atoms with Gasteiger partial charge in [-0.25, -0.2) is 4.39 Å². The van der Waals surface area contributed by atoms with Gasteiger partial charge in [0.1, 0.15) is 11.5 Å². The third-order valence-electron chi connectivity index (χ3n) is 5.25. The summed E-state index contributed by atoms with van der Waals surface area (Å²) in [5.41, 5.74) is 2.34. The zero-order chi connectivity index (χ0) is 22.1. The fraction of sp³-hybridized carbons (Fsp3) is 0.238. The zero-order valence-corrected chi connectivity index (χ0v) is 16.7. The Morgan fingerprint density at radius 2 is 1.94 bits per heavy atom. The van der Waals surface area contributed by atoms with Crippen molar-refractivity contribution < 1.29 is 23.6 Å². The number of amides is 1. The van der Waals surface area contributed by atoms with E-state index in [9.17, 15) is 19.3 Å². The van der Waals surface area contributed by atoms with Gasteiger partial charge in [-0.15, -0.1) is 0 Å². The fourth-order valence-electron chi connectivity index (χ4n) is 3.77. The predicted molar refractivity (Wildman–Crippen MR) is 108 cm³/mol. The molecule has 2 heterocycles. The second-order valence-electron chi connectivity index (χ2n) is 6.98. The van der Waals surface area contributed by atoms with Crippen LogP contribution in [0.15, 0.2) is 48.5 Å². The maximum atomic E-state index is 13.4. The average Bonchev–Trinajstić information content (AvgIpc) is 3.31. The summed E-state index contributed by atoms with van der Waals surface area (Å²) in [7, 11) is 2.92. The summed E-state index contributed by atoms with van der Waals surface area (Å²) in [4.78, 5) is 25.6. The van der Waals surface area contributed by atoms with Gasteiger partial charge < -0.3 is 14.4 Å². The van der Waals surface area contributed by atoms with E-state index in [2.05, 4.69) is 10.2 Å². The Kier molecular flexibility index (Phi) is 5.49. The molecule has 2 aromatic carbocycles. The van der Waals surface area contributed by atoms with Crippen LogP contribution < -0.4 is 0 Å². The second kappa shape index (κ2) is 8.25. The van der Waals surface area contributed by atoms with Crippen LogP contribution in [-0.4, -0.2) is 53.0 Å². The van der Waals surface area contributed by atoms with E-state index in [1.807, 2.05) is 0 Å². The van der Waals surface area contributed by atoms with Crippen molar-refractivity contribution in [3.63, 3.8) is 0 Å². The molecular formula is C21H19FN4O5. The molecule has 0 radical (unpaired) electrons. The number of ether oxygens (including phenoxy) is 2. The molecule has 160 valence electrons. The molecule has 9 nitrogen and oxygen atoms in total. The molecule has 1 amide bonds. The monoisotopic (exact) mass is 426 g/mol. The normalized spacial score (nSPS) is 15.5. The number of benzene rings is 2. The van der Waals surface area contributed by atoms with Crippen LogP contribution in [0.2, 0.25) is 0 Å². The number of aromatic nitrogens is 2. The number of carbonyl (C=O) groups excluding carboxylic acids is 1. The van der Waals surface area contributed by atoms with Gasteiger partial charge in [0.2, 0.25) is 0 Å². The van der Waals surface area contributed by atoms with E-state index in [4.69, 9.17) is 9.47 Å². The third-order valence-corrected chi connectivity index (χ3v) is 5.25. The molecule has 0 fully saturated rings. The van der Waals surface area contributed by atoms with Crippen molar-refractivity contribution in [2.24, 2.45) is 0 Å². The van der Waals surface area contributed by atoms with Crippen molar-refractivity contribution in [1.29, 1.82) is 0 Å². The molecule has 31 heavy (non-hydrogen) atoms. The van der Waals surface area contributed by atoms with E-state index in [1.54, 1.807) is 24.3 Å². The number of fused-ring (bicyclic) bond motifs is 1. The van der Waals surface area contributed by atoms with Crippen LogP contribution in [0, 0.1) is 15.9 Å². The Balaban J connectivity index is 1.87. The highest BCUT2D eigenvalue weighted by atomic mass is 19.1. The Labute approximate surface area is 176 Å². The maximum Gasteiger partial charge on any atom is 0.273 e. The summed E-state index contributed by atoms with van der Waals surface area (Å²) < 4.78 is 24.0. The first-order valence-corrected chi connectivity index (χ1v) is 9.39. The number of hydrogen-bond donors (Lipinski definition) is 1. The molecule has 0 bridgehead atoms. The van der Waals surface area contributed by atoms with Gasteiger partial charge in [0.25, 0.3) is 11.6 Å². The highest BCUT2D eigenvalue weighted by Gasteiger charge is 2.43. The van der Waals surface area contributed by atoms with Crippen molar-refractivity contribution in [2.45, 2.75) is 12.3 Å². The zero-order valence-electron chi connectivity index (χ0n) is 16.7. The molecule has 0 saturated heterocycles. The number of nitrogens with one attached hydrogen (secondary N) is 1. The summed E-state index contributed by atoms with van der Waals surface area (Å²) >= 11 is 0. The first-order chi connectivity index (χ1) is 14.9. The van der Waals surface area contributed by atoms with Crippen LogP contribution in [0.4, 0.5) is 10.1 Å². The minimum atomic E-state index is -0.698. The summed E-state index contributed by atoms with van der Waals surface area (Å²) in [6, 6.07) is 11.2. The largest absolute Gasteiger partial charge is 0.354 e. The number of halogens is 1. The quantitative estimate of drug-likeness (QED) is 0.353. The van der Waals surface area contributed by atoms with Gasteiger partial charge in [-0.1, -0.05) is 12.1 Å². The molecular weight excluding hydrogens is 407 g/mol. The number of aromatic amines is 1. The first-order valence-electron chi connectivity index (χ1n) is 9.39. The maximum absolute atomic E-state index is 13.4. The smallest absolute Gasteiger partial charge is 0.273 e. The minimum absolute atomic E-state index is 0.0879. The highest BCUT2D eigenvalue weighted by Crippen LogP contribution is 2.43. The standard InChI is InChI=1S/C21H19FN4O5/c1-30-16(31-2)11-25-20(13-4-3-5-15(10-13)26(28)29)17-18(23-24-19(17)21(25)27)12-6-8-14(22)9-7-12/h3-10,16,20H,11H2,1-2H3,(H,23,24). The van der Waals surface area contributed by atoms with Crippen molar-refractivity contribution >= 4 is 11.6 Å². The molecule has 0 spiro atoms. The van der Waals surface area contributed by atoms with E-state index < -0.39 is 23.1 Å². The van der Waals surface area contributed by atoms with Crippen molar-refractivity contribution in [2.75, 3.05) is 20.8 Å². The van der Waals surface area contributed by atoms with Gasteiger partial charge in [-0.2, -0.15) is 5.10 Å². The van der Waals surface area contributed by atoms with Crippen LogP contribution in [-0.2, 0) is 9.47 Å². The molecule has 3 aromatic rings. The minimum Gasteiger partial charge on any atom is -0.354 e. The fourth-order valence-corrected chi connectivity index (χ4v) is 3.77. The van der Waals surface area contributed by atoms with Crippen LogP contribution in [0.5, 0.6) is 0 Å². The Bertz CT molecular complexity index is 1130. The lowest BCUT2D eigenvalue weighted by molar-refractivity contribution is -0.384. The lowest BCUT2D eigenvalue weighted by atomic mass is 9.95. The number of non-ortho nitro benzene ring substituents is 1. The number of hydrogen-bond acceptors (Lipinski definition) is 6. The van der Waals surface area contributed by atoms with Gasteiger partial charge >= 0.3 is 0 Å². The van der Waals surface area contributed by atoms with Crippen LogP contribution in [0.1, 0.15) is 27.7 Å². The molecule has 0 saturated carbocycles. The second-order valence-corrected chi connectivity index (χ2v) is 6.98.